The summed E-state index contributed by atoms with van der Waals surface area (Å²) in [5, 5.41) is 3.79. The predicted molar refractivity (Wildman–Crippen MR) is 220 cm³/mol. The summed E-state index contributed by atoms with van der Waals surface area (Å²) < 4.78 is 0. The van der Waals surface area contributed by atoms with E-state index in [1.165, 1.54) is 39.2 Å². The normalized spacial score (nSPS) is 12.6. The summed E-state index contributed by atoms with van der Waals surface area (Å²) in [6.45, 7) is 15.5. The molecule has 0 radical (unpaired) electrons. The molecule has 51 heavy (non-hydrogen) atoms. The molecule has 1 aliphatic carbocycles. The molecule has 6 aromatic rings. The summed E-state index contributed by atoms with van der Waals surface area (Å²) in [7, 11) is 0. The SMILES string of the molecule is C=C(c1ccc(C)cc1)c1cc(-c2ccc(C)cc2)c(Nc2ccc(C)cc2)cc1-c1ccc(N(C2=C(C)CCC=C2)c2ccccc2C)cc1. The number of hydrogen-bond donors (Lipinski definition) is 1. The maximum atomic E-state index is 4.71. The van der Waals surface area contributed by atoms with Crippen LogP contribution in [0.15, 0.2) is 163 Å². The highest BCUT2D eigenvalue weighted by molar-refractivity contribution is 5.95. The largest absolute Gasteiger partial charge is 0.355 e. The monoisotopic (exact) mass is 662 g/mol. The highest BCUT2D eigenvalue weighted by Gasteiger charge is 2.21. The number of benzene rings is 6. The zero-order valence-electron chi connectivity index (χ0n) is 30.4. The Bertz CT molecular complexity index is 2250. The van der Waals surface area contributed by atoms with Crippen molar-refractivity contribution in [3.8, 4) is 22.3 Å². The second-order valence-corrected chi connectivity index (χ2v) is 13.9. The predicted octanol–water partition coefficient (Wildman–Crippen LogP) is 13.8. The van der Waals surface area contributed by atoms with Crippen LogP contribution >= 0.6 is 0 Å². The lowest BCUT2D eigenvalue weighted by molar-refractivity contribution is 0.922. The standard InChI is InChI=1S/C49H46N2/c1-33-15-21-39(22-16-33)38(6)44-31-46(41-23-17-34(2)18-24-41)47(50-42-27-19-35(3)20-28-42)32-45(44)40-25-29-43(30-26-40)51(48-13-9-7-11-36(48)4)49-14-10-8-12-37(49)5/h7,9-11,13-32,50H,6,8,12H2,1-5H3. The minimum absolute atomic E-state index is 0.999. The molecule has 0 atom stereocenters. The first-order chi connectivity index (χ1) is 24.7. The first-order valence-corrected chi connectivity index (χ1v) is 17.9. The molecule has 0 saturated heterocycles. The van der Waals surface area contributed by atoms with Gasteiger partial charge in [0.1, 0.15) is 0 Å². The molecule has 6 aromatic carbocycles. The van der Waals surface area contributed by atoms with Crippen molar-refractivity contribution in [1.82, 2.24) is 0 Å². The van der Waals surface area contributed by atoms with Gasteiger partial charge < -0.3 is 10.2 Å². The van der Waals surface area contributed by atoms with Crippen LogP contribution in [-0.4, -0.2) is 0 Å². The number of aryl methyl sites for hydroxylation is 4. The molecule has 7 rings (SSSR count). The Morgan fingerprint density at radius 3 is 1.86 bits per heavy atom. The van der Waals surface area contributed by atoms with Gasteiger partial charge in [0.25, 0.3) is 0 Å². The van der Waals surface area contributed by atoms with Gasteiger partial charge in [0.05, 0.1) is 0 Å². The van der Waals surface area contributed by atoms with Crippen LogP contribution in [0, 0.1) is 27.7 Å². The van der Waals surface area contributed by atoms with Gasteiger partial charge in [-0.25, -0.2) is 0 Å². The summed E-state index contributed by atoms with van der Waals surface area (Å²) in [4.78, 5) is 2.42. The lowest BCUT2D eigenvalue weighted by atomic mass is 9.87. The molecule has 0 saturated carbocycles. The Morgan fingerprint density at radius 1 is 0.627 bits per heavy atom. The van der Waals surface area contributed by atoms with Crippen molar-refractivity contribution < 1.29 is 0 Å². The molecule has 0 fully saturated rings. The van der Waals surface area contributed by atoms with Crippen molar-refractivity contribution in [2.24, 2.45) is 0 Å². The molecular formula is C49H46N2. The zero-order valence-corrected chi connectivity index (χ0v) is 30.4. The molecule has 0 bridgehead atoms. The van der Waals surface area contributed by atoms with Crippen molar-refractivity contribution in [2.45, 2.75) is 47.5 Å². The van der Waals surface area contributed by atoms with E-state index in [1.54, 1.807) is 0 Å². The van der Waals surface area contributed by atoms with Gasteiger partial charge in [-0.2, -0.15) is 0 Å². The average Bonchev–Trinajstić information content (AvgIpc) is 3.15. The van der Waals surface area contributed by atoms with Crippen LogP contribution in [0.5, 0.6) is 0 Å². The number of para-hydroxylation sites is 1. The first kappa shape index (κ1) is 33.6. The minimum Gasteiger partial charge on any atom is -0.355 e. The fraction of sp³-hybridized carbons (Fsp3) is 0.143. The fourth-order valence-corrected chi connectivity index (χ4v) is 6.91. The summed E-state index contributed by atoms with van der Waals surface area (Å²) in [6, 6.07) is 48.5. The Morgan fingerprint density at radius 2 is 1.22 bits per heavy atom. The number of hydrogen-bond acceptors (Lipinski definition) is 2. The zero-order chi connectivity index (χ0) is 35.5. The molecule has 0 unspecified atom stereocenters. The Kier molecular flexibility index (Phi) is 9.59. The summed E-state index contributed by atoms with van der Waals surface area (Å²) in [6.07, 6.45) is 6.74. The van der Waals surface area contributed by atoms with Crippen LogP contribution in [0.3, 0.4) is 0 Å². The molecule has 2 heteroatoms. The lowest BCUT2D eigenvalue weighted by Gasteiger charge is -2.31. The average molecular weight is 663 g/mol. The van der Waals surface area contributed by atoms with E-state index in [-0.39, 0.29) is 0 Å². The third-order valence-corrected chi connectivity index (χ3v) is 10.0. The second-order valence-electron chi connectivity index (χ2n) is 13.9. The molecule has 1 aliphatic rings. The number of rotatable bonds is 9. The third kappa shape index (κ3) is 7.23. The van der Waals surface area contributed by atoms with Gasteiger partial charge in [-0.1, -0.05) is 120 Å². The first-order valence-electron chi connectivity index (χ1n) is 17.9. The Hall–Kier alpha value is -5.86. The lowest BCUT2D eigenvalue weighted by Crippen LogP contribution is -2.18. The van der Waals surface area contributed by atoms with Crippen LogP contribution in [0.1, 0.15) is 53.1 Å². The molecule has 2 nitrogen and oxygen atoms in total. The number of nitrogens with zero attached hydrogens (tertiary/aromatic N) is 1. The third-order valence-electron chi connectivity index (χ3n) is 10.0. The van der Waals surface area contributed by atoms with E-state index in [1.807, 2.05) is 0 Å². The van der Waals surface area contributed by atoms with Crippen molar-refractivity contribution in [3.63, 3.8) is 0 Å². The highest BCUT2D eigenvalue weighted by Crippen LogP contribution is 2.43. The highest BCUT2D eigenvalue weighted by atomic mass is 15.2. The minimum atomic E-state index is 0.999. The molecule has 0 amide bonds. The Balaban J connectivity index is 1.40. The number of allylic oxidation sites excluding steroid dienone is 3. The fourth-order valence-electron chi connectivity index (χ4n) is 6.91. The van der Waals surface area contributed by atoms with E-state index in [2.05, 4.69) is 190 Å². The molecule has 252 valence electrons. The van der Waals surface area contributed by atoms with E-state index in [0.717, 1.165) is 68.9 Å². The Labute approximate surface area is 304 Å². The van der Waals surface area contributed by atoms with E-state index in [9.17, 15) is 0 Å². The quantitative estimate of drug-likeness (QED) is 0.166. The van der Waals surface area contributed by atoms with Gasteiger partial charge >= 0.3 is 0 Å². The van der Waals surface area contributed by atoms with Gasteiger partial charge in [0.15, 0.2) is 0 Å². The maximum absolute atomic E-state index is 4.71. The van der Waals surface area contributed by atoms with Crippen LogP contribution in [0.25, 0.3) is 27.8 Å². The van der Waals surface area contributed by atoms with Crippen LogP contribution in [0.2, 0.25) is 0 Å². The topological polar surface area (TPSA) is 15.3 Å². The van der Waals surface area contributed by atoms with Gasteiger partial charge in [-0.15, -0.1) is 0 Å². The van der Waals surface area contributed by atoms with E-state index in [0.29, 0.717) is 0 Å². The number of anilines is 4. The van der Waals surface area contributed by atoms with Gasteiger partial charge in [-0.3, -0.25) is 0 Å². The van der Waals surface area contributed by atoms with Crippen LogP contribution in [-0.2, 0) is 0 Å². The van der Waals surface area contributed by atoms with Crippen LogP contribution in [0.4, 0.5) is 22.7 Å². The summed E-state index contributed by atoms with van der Waals surface area (Å²) in [5.41, 5.74) is 19.9. The number of nitrogens with one attached hydrogen (secondary N) is 1. The van der Waals surface area contributed by atoms with Crippen molar-refractivity contribution in [2.75, 3.05) is 10.2 Å². The smallest absolute Gasteiger partial charge is 0.0490 e. The van der Waals surface area contributed by atoms with Gasteiger partial charge in [0, 0.05) is 34.0 Å². The van der Waals surface area contributed by atoms with Gasteiger partial charge in [0.2, 0.25) is 0 Å². The van der Waals surface area contributed by atoms with E-state index >= 15 is 0 Å². The molecule has 1 N–H and O–H groups in total. The maximum Gasteiger partial charge on any atom is 0.0490 e. The summed E-state index contributed by atoms with van der Waals surface area (Å²) >= 11 is 0. The van der Waals surface area contributed by atoms with Crippen molar-refractivity contribution in [3.05, 3.63) is 197 Å². The van der Waals surface area contributed by atoms with Crippen LogP contribution < -0.4 is 10.2 Å². The molecule has 0 aliphatic heterocycles. The van der Waals surface area contributed by atoms with E-state index < -0.39 is 0 Å². The van der Waals surface area contributed by atoms with E-state index in [4.69, 9.17) is 6.58 Å². The van der Waals surface area contributed by atoms with Gasteiger partial charge in [-0.05, 0) is 141 Å². The molecule has 0 spiro atoms. The second kappa shape index (κ2) is 14.5. The van der Waals surface area contributed by atoms with Crippen molar-refractivity contribution >= 4 is 28.3 Å². The molecular weight excluding hydrogens is 617 g/mol. The molecule has 0 heterocycles. The summed E-state index contributed by atoms with van der Waals surface area (Å²) in [5.74, 6) is 0. The van der Waals surface area contributed by atoms with Crippen molar-refractivity contribution in [1.29, 1.82) is 0 Å². The molecule has 0 aromatic heterocycles.